The molecular formula is C23H22N6O3. The summed E-state index contributed by atoms with van der Waals surface area (Å²) < 4.78 is 8.48. The Kier molecular flexibility index (Phi) is 5.98. The van der Waals surface area contributed by atoms with E-state index in [1.54, 1.807) is 35.3 Å². The number of rotatable bonds is 8. The van der Waals surface area contributed by atoms with E-state index < -0.39 is 6.04 Å². The summed E-state index contributed by atoms with van der Waals surface area (Å²) in [6.07, 6.45) is 4.67. The molecular weight excluding hydrogens is 408 g/mol. The maximum atomic E-state index is 12.6. The van der Waals surface area contributed by atoms with Gasteiger partial charge in [-0.2, -0.15) is 5.10 Å². The number of benzene rings is 2. The van der Waals surface area contributed by atoms with Gasteiger partial charge >= 0.3 is 0 Å². The molecule has 32 heavy (non-hydrogen) atoms. The lowest BCUT2D eigenvalue weighted by Gasteiger charge is -2.19. The van der Waals surface area contributed by atoms with Crippen LogP contribution >= 0.6 is 0 Å². The van der Waals surface area contributed by atoms with Crippen LogP contribution < -0.4 is 21.0 Å². The summed E-state index contributed by atoms with van der Waals surface area (Å²) in [5.41, 5.74) is 1.90. The molecule has 0 amide bonds. The second-order valence-electron chi connectivity index (χ2n) is 7.00. The zero-order valence-electron chi connectivity index (χ0n) is 17.4. The highest BCUT2D eigenvalue weighted by Crippen LogP contribution is 2.25. The highest BCUT2D eigenvalue weighted by molar-refractivity contribution is 5.57. The SMILES string of the molecule is COc1cc(-n2[nH]ccc2=O)ccc1-n1ccc(=O)c(C(CC=N)Nc2ccccc2)n1. The average molecular weight is 430 g/mol. The Morgan fingerprint density at radius 2 is 1.97 bits per heavy atom. The number of nitrogens with zero attached hydrogens (tertiary/aromatic N) is 3. The third-order valence-electron chi connectivity index (χ3n) is 4.95. The molecule has 0 saturated carbocycles. The van der Waals surface area contributed by atoms with Crippen molar-refractivity contribution in [2.75, 3.05) is 12.4 Å². The highest BCUT2D eigenvalue weighted by Gasteiger charge is 2.18. The molecule has 4 rings (SSSR count). The number of hydrogen-bond acceptors (Lipinski definition) is 6. The van der Waals surface area contributed by atoms with Gasteiger partial charge in [0.25, 0.3) is 5.56 Å². The Balaban J connectivity index is 1.74. The van der Waals surface area contributed by atoms with Crippen LogP contribution in [0.25, 0.3) is 11.4 Å². The average Bonchev–Trinajstić information content (AvgIpc) is 3.25. The van der Waals surface area contributed by atoms with Gasteiger partial charge in [-0.1, -0.05) is 18.2 Å². The quantitative estimate of drug-likeness (QED) is 0.372. The molecule has 0 aliphatic rings. The van der Waals surface area contributed by atoms with E-state index in [0.29, 0.717) is 23.5 Å². The predicted octanol–water partition coefficient (Wildman–Crippen LogP) is 2.91. The number of nitrogens with one attached hydrogen (secondary N) is 3. The molecule has 4 aromatic rings. The van der Waals surface area contributed by atoms with Gasteiger partial charge in [0.2, 0.25) is 5.43 Å². The van der Waals surface area contributed by atoms with Gasteiger partial charge in [-0.25, -0.2) is 9.36 Å². The number of anilines is 1. The monoisotopic (exact) mass is 430 g/mol. The lowest BCUT2D eigenvalue weighted by Crippen LogP contribution is -2.24. The summed E-state index contributed by atoms with van der Waals surface area (Å²) in [5.74, 6) is 0.478. The zero-order chi connectivity index (χ0) is 22.5. The topological polar surface area (TPSA) is 118 Å². The minimum atomic E-state index is -0.474. The van der Waals surface area contributed by atoms with Gasteiger partial charge in [-0.05, 0) is 30.5 Å². The van der Waals surface area contributed by atoms with E-state index in [-0.39, 0.29) is 16.7 Å². The summed E-state index contributed by atoms with van der Waals surface area (Å²) >= 11 is 0. The maximum Gasteiger partial charge on any atom is 0.271 e. The van der Waals surface area contributed by atoms with Crippen LogP contribution in [0.1, 0.15) is 18.2 Å². The van der Waals surface area contributed by atoms with Gasteiger partial charge in [-0.3, -0.25) is 14.7 Å². The smallest absolute Gasteiger partial charge is 0.271 e. The van der Waals surface area contributed by atoms with E-state index in [1.165, 1.54) is 30.1 Å². The Morgan fingerprint density at radius 1 is 1.16 bits per heavy atom. The van der Waals surface area contributed by atoms with E-state index in [2.05, 4.69) is 15.5 Å². The van der Waals surface area contributed by atoms with Crippen molar-refractivity contribution in [1.82, 2.24) is 19.6 Å². The van der Waals surface area contributed by atoms with Crippen molar-refractivity contribution in [3.63, 3.8) is 0 Å². The molecule has 0 bridgehead atoms. The molecule has 0 aliphatic heterocycles. The van der Waals surface area contributed by atoms with E-state index in [9.17, 15) is 9.59 Å². The van der Waals surface area contributed by atoms with Crippen molar-refractivity contribution in [1.29, 1.82) is 5.41 Å². The van der Waals surface area contributed by atoms with Crippen LogP contribution in [0.15, 0.2) is 82.6 Å². The molecule has 1 unspecified atom stereocenters. The summed E-state index contributed by atoms with van der Waals surface area (Å²) in [7, 11) is 1.53. The zero-order valence-corrected chi connectivity index (χ0v) is 17.4. The molecule has 0 aliphatic carbocycles. The summed E-state index contributed by atoms with van der Waals surface area (Å²) in [6.45, 7) is 0. The van der Waals surface area contributed by atoms with E-state index in [4.69, 9.17) is 10.1 Å². The van der Waals surface area contributed by atoms with Gasteiger partial charge in [0.1, 0.15) is 17.1 Å². The van der Waals surface area contributed by atoms with Gasteiger partial charge in [0, 0.05) is 42.7 Å². The van der Waals surface area contributed by atoms with Crippen LogP contribution in [-0.4, -0.2) is 32.9 Å². The van der Waals surface area contributed by atoms with Crippen LogP contribution in [-0.2, 0) is 0 Å². The molecule has 2 aromatic heterocycles. The first-order chi connectivity index (χ1) is 15.6. The van der Waals surface area contributed by atoms with Crippen molar-refractivity contribution in [2.45, 2.75) is 12.5 Å². The summed E-state index contributed by atoms with van der Waals surface area (Å²) in [5, 5.41) is 18.2. The lowest BCUT2D eigenvalue weighted by atomic mass is 10.1. The predicted molar refractivity (Wildman–Crippen MR) is 123 cm³/mol. The second-order valence-corrected chi connectivity index (χ2v) is 7.00. The Bertz CT molecular complexity index is 1340. The van der Waals surface area contributed by atoms with Crippen molar-refractivity contribution in [3.05, 3.63) is 99.3 Å². The van der Waals surface area contributed by atoms with Crippen molar-refractivity contribution < 1.29 is 4.74 Å². The minimum absolute atomic E-state index is 0.190. The molecule has 3 N–H and O–H groups in total. The molecule has 0 fully saturated rings. The number of ether oxygens (including phenoxy) is 1. The molecule has 9 nitrogen and oxygen atoms in total. The fourth-order valence-corrected chi connectivity index (χ4v) is 3.41. The van der Waals surface area contributed by atoms with Crippen molar-refractivity contribution in [2.24, 2.45) is 0 Å². The van der Waals surface area contributed by atoms with Crippen LogP contribution in [0.4, 0.5) is 5.69 Å². The standard InChI is InChI=1S/C23H22N6O3/c1-32-21-15-17(29-22(31)10-13-25-29)7-8-19(21)28-14-11-20(30)23(27-28)18(9-12-24)26-16-5-3-2-4-6-16/h2-8,10-15,18,24-26H,9H2,1H3. The number of aromatic nitrogens is 4. The van der Waals surface area contributed by atoms with Crippen LogP contribution in [0, 0.1) is 5.41 Å². The summed E-state index contributed by atoms with van der Waals surface area (Å²) in [6, 6.07) is 17.1. The van der Waals surface area contributed by atoms with Crippen LogP contribution in [0.2, 0.25) is 0 Å². The number of hydrogen-bond donors (Lipinski definition) is 3. The fraction of sp³-hybridized carbons (Fsp3) is 0.130. The fourth-order valence-electron chi connectivity index (χ4n) is 3.41. The highest BCUT2D eigenvalue weighted by atomic mass is 16.5. The molecule has 0 spiro atoms. The van der Waals surface area contributed by atoms with E-state index in [0.717, 1.165) is 5.69 Å². The molecule has 2 aromatic carbocycles. The van der Waals surface area contributed by atoms with Gasteiger partial charge in [0.05, 0.1) is 18.8 Å². The largest absolute Gasteiger partial charge is 0.494 e. The van der Waals surface area contributed by atoms with Crippen LogP contribution in [0.5, 0.6) is 5.75 Å². The normalized spacial score (nSPS) is 11.7. The Morgan fingerprint density at radius 3 is 2.66 bits per heavy atom. The maximum absolute atomic E-state index is 12.6. The van der Waals surface area contributed by atoms with Crippen molar-refractivity contribution >= 4 is 11.9 Å². The van der Waals surface area contributed by atoms with Crippen LogP contribution in [0.3, 0.4) is 0 Å². The first kappa shape index (κ1) is 20.9. The van der Waals surface area contributed by atoms with Gasteiger partial charge < -0.3 is 15.5 Å². The Labute approximate surface area is 183 Å². The van der Waals surface area contributed by atoms with Crippen molar-refractivity contribution in [3.8, 4) is 17.1 Å². The number of H-pyrrole nitrogens is 1. The number of methoxy groups -OCH3 is 1. The molecule has 0 radical (unpaired) electrons. The molecule has 162 valence electrons. The van der Waals surface area contributed by atoms with E-state index >= 15 is 0 Å². The number of aromatic amines is 1. The molecule has 0 saturated heterocycles. The van der Waals surface area contributed by atoms with E-state index in [1.807, 2.05) is 30.3 Å². The third kappa shape index (κ3) is 4.22. The van der Waals surface area contributed by atoms with Gasteiger partial charge in [0.15, 0.2) is 0 Å². The molecule has 2 heterocycles. The minimum Gasteiger partial charge on any atom is -0.494 e. The number of para-hydroxylation sites is 1. The molecule has 1 atom stereocenters. The molecule has 9 heteroatoms. The third-order valence-corrected chi connectivity index (χ3v) is 4.95. The Hall–Kier alpha value is -4.40. The van der Waals surface area contributed by atoms with Gasteiger partial charge in [-0.15, -0.1) is 0 Å². The second kappa shape index (κ2) is 9.17. The first-order valence-electron chi connectivity index (χ1n) is 9.96. The first-order valence-corrected chi connectivity index (χ1v) is 9.96. The summed E-state index contributed by atoms with van der Waals surface area (Å²) in [4.78, 5) is 24.6. The lowest BCUT2D eigenvalue weighted by molar-refractivity contribution is 0.411.